The minimum absolute atomic E-state index is 0.0386. The molecule has 40 heavy (non-hydrogen) atoms. The quantitative estimate of drug-likeness (QED) is 0.273. The first-order valence-electron chi connectivity index (χ1n) is 13.6. The topological polar surface area (TPSA) is 82.2 Å². The summed E-state index contributed by atoms with van der Waals surface area (Å²) in [6.07, 6.45) is 5.17. The van der Waals surface area contributed by atoms with E-state index < -0.39 is 0 Å². The zero-order valence-electron chi connectivity index (χ0n) is 23.1. The number of nitrogens with zero attached hydrogens (tertiary/aromatic N) is 5. The molecule has 2 aromatic heterocycles. The van der Waals surface area contributed by atoms with Gasteiger partial charge in [-0.05, 0) is 68.5 Å². The van der Waals surface area contributed by atoms with Crippen LogP contribution in [0.3, 0.4) is 0 Å². The van der Waals surface area contributed by atoms with Crippen LogP contribution in [0.1, 0.15) is 64.1 Å². The SMILES string of the molecule is Cc1cccc(Cn2cccc(C(=O)N3CCCC(OCc4cn([C@H](C)c5ccc(Br)c(C)c5)nn4)C3)c2=O)c1. The van der Waals surface area contributed by atoms with Crippen LogP contribution in [0.2, 0.25) is 0 Å². The number of halogens is 1. The van der Waals surface area contributed by atoms with E-state index in [1.54, 1.807) is 27.8 Å². The number of benzene rings is 2. The molecule has 1 aliphatic rings. The van der Waals surface area contributed by atoms with Crippen molar-refractivity contribution < 1.29 is 9.53 Å². The number of carbonyl (C=O) groups is 1. The second-order valence-electron chi connectivity index (χ2n) is 10.5. The number of pyridine rings is 1. The smallest absolute Gasteiger partial charge is 0.263 e. The summed E-state index contributed by atoms with van der Waals surface area (Å²) in [4.78, 5) is 28.3. The number of amides is 1. The zero-order valence-corrected chi connectivity index (χ0v) is 24.7. The van der Waals surface area contributed by atoms with Gasteiger partial charge in [0.25, 0.3) is 11.5 Å². The highest BCUT2D eigenvalue weighted by molar-refractivity contribution is 9.10. The van der Waals surface area contributed by atoms with Crippen molar-refractivity contribution in [1.29, 1.82) is 0 Å². The number of hydrogen-bond donors (Lipinski definition) is 0. The van der Waals surface area contributed by atoms with E-state index in [1.165, 1.54) is 5.56 Å². The number of likely N-dealkylation sites (tertiary alicyclic amines) is 1. The average molecular weight is 605 g/mol. The number of aromatic nitrogens is 4. The highest BCUT2D eigenvalue weighted by Crippen LogP contribution is 2.24. The van der Waals surface area contributed by atoms with Crippen molar-refractivity contribution in [3.05, 3.63) is 115 Å². The standard InChI is InChI=1S/C31H34BrN5O3/c1-21-7-4-8-24(15-21)17-35-14-6-10-28(30(35)38)31(39)36-13-5-9-27(19-36)40-20-26-18-37(34-33-26)23(3)25-11-12-29(32)22(2)16-25/h4,6-8,10-12,14-16,18,23,27H,5,9,13,17,19-20H2,1-3H3/t23-,27?/m1/s1. The van der Waals surface area contributed by atoms with E-state index in [1.807, 2.05) is 42.1 Å². The van der Waals surface area contributed by atoms with E-state index in [-0.39, 0.29) is 29.2 Å². The first-order valence-corrected chi connectivity index (χ1v) is 14.4. The molecule has 1 fully saturated rings. The lowest BCUT2D eigenvalue weighted by Gasteiger charge is -2.32. The van der Waals surface area contributed by atoms with Crippen LogP contribution in [0.15, 0.2) is 76.3 Å². The molecule has 0 spiro atoms. The van der Waals surface area contributed by atoms with Crippen LogP contribution in [0.4, 0.5) is 0 Å². The molecule has 8 nitrogen and oxygen atoms in total. The molecule has 5 rings (SSSR count). The van der Waals surface area contributed by atoms with E-state index in [4.69, 9.17) is 4.74 Å². The third-order valence-electron chi connectivity index (χ3n) is 7.44. The Balaban J connectivity index is 1.20. The van der Waals surface area contributed by atoms with Crippen LogP contribution in [0.25, 0.3) is 0 Å². The summed E-state index contributed by atoms with van der Waals surface area (Å²) < 4.78 is 10.7. The van der Waals surface area contributed by atoms with Crippen molar-refractivity contribution in [1.82, 2.24) is 24.5 Å². The van der Waals surface area contributed by atoms with Crippen LogP contribution in [-0.4, -0.2) is 49.6 Å². The number of ether oxygens (including phenoxy) is 1. The van der Waals surface area contributed by atoms with Crippen LogP contribution in [0, 0.1) is 13.8 Å². The van der Waals surface area contributed by atoms with Gasteiger partial charge in [-0.25, -0.2) is 4.68 Å². The number of aryl methyl sites for hydroxylation is 2. The molecule has 4 aromatic rings. The number of piperidine rings is 1. The Kier molecular flexibility index (Phi) is 8.61. The molecule has 1 aliphatic heterocycles. The molecule has 2 aromatic carbocycles. The van der Waals surface area contributed by atoms with Gasteiger partial charge in [0.15, 0.2) is 0 Å². The normalized spacial score (nSPS) is 16.2. The summed E-state index contributed by atoms with van der Waals surface area (Å²) in [5, 5.41) is 8.62. The molecule has 2 atom stereocenters. The van der Waals surface area contributed by atoms with Gasteiger partial charge in [-0.3, -0.25) is 9.59 Å². The van der Waals surface area contributed by atoms with Crippen molar-refractivity contribution in [3.8, 4) is 0 Å². The molecule has 0 bridgehead atoms. The summed E-state index contributed by atoms with van der Waals surface area (Å²) >= 11 is 3.55. The Morgan fingerprint density at radius 3 is 2.80 bits per heavy atom. The lowest BCUT2D eigenvalue weighted by molar-refractivity contribution is -0.00795. The Hall–Kier alpha value is -3.56. The molecule has 0 N–H and O–H groups in total. The summed E-state index contributed by atoms with van der Waals surface area (Å²) in [5.74, 6) is -0.249. The first-order chi connectivity index (χ1) is 19.3. The first kappa shape index (κ1) is 28.0. The van der Waals surface area contributed by atoms with Crippen molar-refractivity contribution in [2.75, 3.05) is 13.1 Å². The summed E-state index contributed by atoms with van der Waals surface area (Å²) in [5.41, 5.74) is 5.14. The molecule has 1 unspecified atom stereocenters. The van der Waals surface area contributed by atoms with Crippen molar-refractivity contribution in [2.24, 2.45) is 0 Å². The molecule has 1 amide bonds. The number of carbonyl (C=O) groups excluding carboxylic acids is 1. The Labute approximate surface area is 242 Å². The van der Waals surface area contributed by atoms with Crippen LogP contribution >= 0.6 is 15.9 Å². The fraction of sp³-hybridized carbons (Fsp3) is 0.355. The van der Waals surface area contributed by atoms with Gasteiger partial charge in [-0.1, -0.05) is 63.1 Å². The van der Waals surface area contributed by atoms with Crippen LogP contribution in [-0.2, 0) is 17.9 Å². The van der Waals surface area contributed by atoms with Gasteiger partial charge in [-0.15, -0.1) is 5.10 Å². The molecule has 1 saturated heterocycles. The second kappa shape index (κ2) is 12.3. The van der Waals surface area contributed by atoms with Crippen LogP contribution in [0.5, 0.6) is 0 Å². The second-order valence-corrected chi connectivity index (χ2v) is 11.4. The Bertz CT molecular complexity index is 1560. The van der Waals surface area contributed by atoms with Crippen molar-refractivity contribution >= 4 is 21.8 Å². The van der Waals surface area contributed by atoms with Crippen LogP contribution < -0.4 is 5.56 Å². The van der Waals surface area contributed by atoms with E-state index in [9.17, 15) is 9.59 Å². The summed E-state index contributed by atoms with van der Waals surface area (Å²) in [7, 11) is 0. The summed E-state index contributed by atoms with van der Waals surface area (Å²) in [6.45, 7) is 7.96. The third kappa shape index (κ3) is 6.42. The molecule has 0 radical (unpaired) electrons. The monoisotopic (exact) mass is 603 g/mol. The van der Waals surface area contributed by atoms with Gasteiger partial charge in [0.2, 0.25) is 0 Å². The van der Waals surface area contributed by atoms with Crippen molar-refractivity contribution in [3.63, 3.8) is 0 Å². The van der Waals surface area contributed by atoms with E-state index in [2.05, 4.69) is 58.3 Å². The molecule has 0 aliphatic carbocycles. The minimum atomic E-state index is -0.274. The van der Waals surface area contributed by atoms with E-state index in [0.29, 0.717) is 26.2 Å². The highest BCUT2D eigenvalue weighted by atomic mass is 79.9. The molecular formula is C31H34BrN5O3. The molecule has 9 heteroatoms. The number of rotatable bonds is 8. The summed E-state index contributed by atoms with van der Waals surface area (Å²) in [6, 6.07) is 17.7. The largest absolute Gasteiger partial charge is 0.370 e. The predicted molar refractivity (Wildman–Crippen MR) is 157 cm³/mol. The Morgan fingerprint density at radius 2 is 2.00 bits per heavy atom. The van der Waals surface area contributed by atoms with Crippen molar-refractivity contribution in [2.45, 2.75) is 58.9 Å². The van der Waals surface area contributed by atoms with Gasteiger partial charge in [0, 0.05) is 23.8 Å². The molecule has 0 saturated carbocycles. The van der Waals surface area contributed by atoms with Gasteiger partial charge < -0.3 is 14.2 Å². The Morgan fingerprint density at radius 1 is 1.15 bits per heavy atom. The maximum Gasteiger partial charge on any atom is 0.263 e. The predicted octanol–water partition coefficient (Wildman–Crippen LogP) is 5.30. The molecule has 3 heterocycles. The van der Waals surface area contributed by atoms with Gasteiger partial charge in [0.1, 0.15) is 11.3 Å². The maximum atomic E-state index is 13.4. The fourth-order valence-electron chi connectivity index (χ4n) is 5.11. The van der Waals surface area contributed by atoms with Gasteiger partial charge in [0.05, 0.1) is 31.5 Å². The molecule has 208 valence electrons. The maximum absolute atomic E-state index is 13.4. The lowest BCUT2D eigenvalue weighted by Crippen LogP contribution is -2.45. The highest BCUT2D eigenvalue weighted by Gasteiger charge is 2.27. The fourth-order valence-corrected chi connectivity index (χ4v) is 5.36. The van der Waals surface area contributed by atoms with E-state index >= 15 is 0 Å². The minimum Gasteiger partial charge on any atom is -0.370 e. The van der Waals surface area contributed by atoms with Gasteiger partial charge >= 0.3 is 0 Å². The zero-order chi connectivity index (χ0) is 28.2. The van der Waals surface area contributed by atoms with Gasteiger partial charge in [-0.2, -0.15) is 0 Å². The third-order valence-corrected chi connectivity index (χ3v) is 8.33. The molecular weight excluding hydrogens is 570 g/mol. The number of hydrogen-bond acceptors (Lipinski definition) is 5. The lowest BCUT2D eigenvalue weighted by atomic mass is 10.1. The average Bonchev–Trinajstić information content (AvgIpc) is 3.43. The van der Waals surface area contributed by atoms with E-state index in [0.717, 1.165) is 39.7 Å².